The van der Waals surface area contributed by atoms with Crippen molar-refractivity contribution in [2.75, 3.05) is 26.9 Å². The van der Waals surface area contributed by atoms with Crippen LogP contribution in [0.25, 0.3) is 0 Å². The first-order valence-electron chi connectivity index (χ1n) is 9.01. The minimum atomic E-state index is -0.190. The Labute approximate surface area is 160 Å². The van der Waals surface area contributed by atoms with E-state index in [1.165, 1.54) is 6.20 Å². The molecule has 0 aliphatic carbocycles. The number of aromatic nitrogens is 1. The van der Waals surface area contributed by atoms with Crippen LogP contribution in [0, 0.1) is 0 Å². The Morgan fingerprint density at radius 2 is 1.81 bits per heavy atom. The first-order valence-corrected chi connectivity index (χ1v) is 9.01. The zero-order valence-corrected chi connectivity index (χ0v) is 16.5. The lowest BCUT2D eigenvalue weighted by atomic mass is 10.1. The maximum atomic E-state index is 12.2. The molecular formula is C21H28N2O4. The van der Waals surface area contributed by atoms with Gasteiger partial charge in [0.15, 0.2) is 0 Å². The molecule has 0 aliphatic rings. The van der Waals surface area contributed by atoms with Crippen LogP contribution in [-0.4, -0.2) is 43.4 Å². The molecule has 0 saturated heterocycles. The molecule has 1 N–H and O–H groups in total. The van der Waals surface area contributed by atoms with Gasteiger partial charge in [-0.1, -0.05) is 12.1 Å². The molecule has 0 saturated carbocycles. The molecular weight excluding hydrogens is 344 g/mol. The lowest BCUT2D eigenvalue weighted by Gasteiger charge is -2.19. The van der Waals surface area contributed by atoms with Gasteiger partial charge >= 0.3 is 0 Å². The number of benzene rings is 1. The van der Waals surface area contributed by atoms with Crippen LogP contribution >= 0.6 is 0 Å². The topological polar surface area (TPSA) is 69.7 Å². The summed E-state index contributed by atoms with van der Waals surface area (Å²) in [6, 6.07) is 11.2. The molecule has 0 unspecified atom stereocenters. The van der Waals surface area contributed by atoms with E-state index < -0.39 is 0 Å². The highest BCUT2D eigenvalue weighted by Gasteiger charge is 2.10. The van der Waals surface area contributed by atoms with E-state index in [9.17, 15) is 4.79 Å². The standard InChI is InChI=1S/C21H28N2O4/c1-21(2,3)27-14-13-26-19-10-7-17(15-23-19)20(24)22-12-11-16-5-8-18(25-4)9-6-16/h5-10,15H,11-14H2,1-4H3,(H,22,24). The summed E-state index contributed by atoms with van der Waals surface area (Å²) >= 11 is 0. The third-order valence-corrected chi connectivity index (χ3v) is 3.73. The van der Waals surface area contributed by atoms with Crippen molar-refractivity contribution in [2.45, 2.75) is 32.8 Å². The number of carbonyl (C=O) groups excluding carboxylic acids is 1. The zero-order valence-electron chi connectivity index (χ0n) is 16.5. The highest BCUT2D eigenvalue weighted by molar-refractivity contribution is 5.93. The van der Waals surface area contributed by atoms with Crippen molar-refractivity contribution >= 4 is 5.91 Å². The fourth-order valence-electron chi connectivity index (χ4n) is 2.31. The Balaban J connectivity index is 1.72. The van der Waals surface area contributed by atoms with Gasteiger partial charge in [0.05, 0.1) is 24.9 Å². The van der Waals surface area contributed by atoms with Crippen molar-refractivity contribution in [1.29, 1.82) is 0 Å². The normalized spacial score (nSPS) is 11.1. The number of methoxy groups -OCH3 is 1. The maximum Gasteiger partial charge on any atom is 0.252 e. The molecule has 1 aromatic carbocycles. The summed E-state index contributed by atoms with van der Waals surface area (Å²) in [6.45, 7) is 7.43. The fraction of sp³-hybridized carbons (Fsp3) is 0.429. The minimum absolute atomic E-state index is 0.154. The van der Waals surface area contributed by atoms with Crippen molar-refractivity contribution in [2.24, 2.45) is 0 Å². The molecule has 2 rings (SSSR count). The maximum absolute atomic E-state index is 12.2. The lowest BCUT2D eigenvalue weighted by Crippen LogP contribution is -2.25. The lowest BCUT2D eigenvalue weighted by molar-refractivity contribution is -0.0168. The summed E-state index contributed by atoms with van der Waals surface area (Å²) in [4.78, 5) is 16.4. The quantitative estimate of drug-likeness (QED) is 0.684. The van der Waals surface area contributed by atoms with E-state index in [1.54, 1.807) is 19.2 Å². The Kier molecular flexibility index (Phi) is 7.61. The second-order valence-electron chi connectivity index (χ2n) is 7.05. The Bertz CT molecular complexity index is 706. The number of nitrogens with one attached hydrogen (secondary N) is 1. The van der Waals surface area contributed by atoms with E-state index in [-0.39, 0.29) is 11.5 Å². The van der Waals surface area contributed by atoms with E-state index in [2.05, 4.69) is 10.3 Å². The van der Waals surface area contributed by atoms with E-state index in [4.69, 9.17) is 14.2 Å². The van der Waals surface area contributed by atoms with Crippen LogP contribution in [0.5, 0.6) is 11.6 Å². The Hall–Kier alpha value is -2.60. The Morgan fingerprint density at radius 3 is 2.41 bits per heavy atom. The summed E-state index contributed by atoms with van der Waals surface area (Å²) in [5.74, 6) is 1.14. The smallest absolute Gasteiger partial charge is 0.252 e. The molecule has 0 fully saturated rings. The second-order valence-corrected chi connectivity index (χ2v) is 7.05. The molecule has 0 atom stereocenters. The average molecular weight is 372 g/mol. The number of rotatable bonds is 9. The molecule has 6 nitrogen and oxygen atoms in total. The molecule has 2 aromatic rings. The molecule has 0 radical (unpaired) electrons. The Morgan fingerprint density at radius 1 is 1.07 bits per heavy atom. The van der Waals surface area contributed by atoms with Gasteiger partial charge in [-0.05, 0) is 51.0 Å². The van der Waals surface area contributed by atoms with Gasteiger partial charge in [0, 0.05) is 18.8 Å². The molecule has 27 heavy (non-hydrogen) atoms. The fourth-order valence-corrected chi connectivity index (χ4v) is 2.31. The van der Waals surface area contributed by atoms with Crippen LogP contribution in [0.4, 0.5) is 0 Å². The highest BCUT2D eigenvalue weighted by Crippen LogP contribution is 2.12. The van der Waals surface area contributed by atoms with Gasteiger partial charge in [0.1, 0.15) is 12.4 Å². The SMILES string of the molecule is COc1ccc(CCNC(=O)c2ccc(OCCOC(C)(C)C)nc2)cc1. The zero-order chi connectivity index (χ0) is 19.7. The van der Waals surface area contributed by atoms with Crippen LogP contribution in [-0.2, 0) is 11.2 Å². The van der Waals surface area contributed by atoms with Crippen molar-refractivity contribution in [3.05, 3.63) is 53.7 Å². The number of carbonyl (C=O) groups is 1. The summed E-state index contributed by atoms with van der Waals surface area (Å²) in [5.41, 5.74) is 1.45. The van der Waals surface area contributed by atoms with Crippen LogP contribution in [0.2, 0.25) is 0 Å². The third-order valence-electron chi connectivity index (χ3n) is 3.73. The van der Waals surface area contributed by atoms with Crippen LogP contribution in [0.3, 0.4) is 0 Å². The van der Waals surface area contributed by atoms with Gasteiger partial charge in [0.2, 0.25) is 5.88 Å². The van der Waals surface area contributed by atoms with Crippen molar-refractivity contribution in [1.82, 2.24) is 10.3 Å². The number of ether oxygens (including phenoxy) is 3. The van der Waals surface area contributed by atoms with Gasteiger partial charge in [-0.3, -0.25) is 4.79 Å². The van der Waals surface area contributed by atoms with E-state index in [0.29, 0.717) is 31.2 Å². The number of amides is 1. The number of nitrogens with zero attached hydrogens (tertiary/aromatic N) is 1. The second kappa shape index (κ2) is 9.92. The monoisotopic (exact) mass is 372 g/mol. The number of hydrogen-bond donors (Lipinski definition) is 1. The predicted octanol–water partition coefficient (Wildman–Crippen LogP) is 3.26. The van der Waals surface area contributed by atoms with Gasteiger partial charge < -0.3 is 19.5 Å². The third kappa shape index (κ3) is 7.66. The predicted molar refractivity (Wildman–Crippen MR) is 104 cm³/mol. The van der Waals surface area contributed by atoms with Gasteiger partial charge in [-0.15, -0.1) is 0 Å². The summed E-state index contributed by atoms with van der Waals surface area (Å²) < 4.78 is 16.2. The van der Waals surface area contributed by atoms with Gasteiger partial charge in [0.25, 0.3) is 5.91 Å². The summed E-state index contributed by atoms with van der Waals surface area (Å²) in [7, 11) is 1.64. The van der Waals surface area contributed by atoms with Crippen LogP contribution < -0.4 is 14.8 Å². The van der Waals surface area contributed by atoms with E-state index in [0.717, 1.165) is 17.7 Å². The molecule has 1 amide bonds. The van der Waals surface area contributed by atoms with Crippen molar-refractivity contribution in [3.8, 4) is 11.6 Å². The number of pyridine rings is 1. The van der Waals surface area contributed by atoms with Gasteiger partial charge in [-0.25, -0.2) is 4.98 Å². The van der Waals surface area contributed by atoms with Crippen molar-refractivity contribution in [3.63, 3.8) is 0 Å². The minimum Gasteiger partial charge on any atom is -0.497 e. The molecule has 0 bridgehead atoms. The highest BCUT2D eigenvalue weighted by atomic mass is 16.5. The molecule has 6 heteroatoms. The first kappa shape index (κ1) is 20.7. The van der Waals surface area contributed by atoms with Gasteiger partial charge in [-0.2, -0.15) is 0 Å². The largest absolute Gasteiger partial charge is 0.497 e. The van der Waals surface area contributed by atoms with Crippen LogP contribution in [0.15, 0.2) is 42.6 Å². The molecule has 0 aliphatic heterocycles. The summed E-state index contributed by atoms with van der Waals surface area (Å²) in [6.07, 6.45) is 2.26. The van der Waals surface area contributed by atoms with E-state index >= 15 is 0 Å². The van der Waals surface area contributed by atoms with Crippen LogP contribution in [0.1, 0.15) is 36.7 Å². The van der Waals surface area contributed by atoms with Crippen molar-refractivity contribution < 1.29 is 19.0 Å². The van der Waals surface area contributed by atoms with E-state index in [1.807, 2.05) is 45.0 Å². The summed E-state index contributed by atoms with van der Waals surface area (Å²) in [5, 5.41) is 2.89. The molecule has 1 aromatic heterocycles. The molecule has 146 valence electrons. The first-order chi connectivity index (χ1) is 12.9. The molecule has 0 spiro atoms. The number of hydrogen-bond acceptors (Lipinski definition) is 5. The molecule has 1 heterocycles. The average Bonchev–Trinajstić information content (AvgIpc) is 2.65.